The molecular weight excluding hydrogens is 563 g/mol. The quantitative estimate of drug-likeness (QED) is 0.284. The van der Waals surface area contributed by atoms with Crippen molar-refractivity contribution in [2.45, 2.75) is 37.9 Å². The molecule has 0 radical (unpaired) electrons. The van der Waals surface area contributed by atoms with E-state index in [0.29, 0.717) is 5.56 Å². The number of benzene rings is 3. The summed E-state index contributed by atoms with van der Waals surface area (Å²) in [6.07, 6.45) is -0.695. The Labute approximate surface area is 236 Å². The molecular formula is C29H30F3NO7S. The van der Waals surface area contributed by atoms with Crippen molar-refractivity contribution >= 4 is 21.7 Å². The Morgan fingerprint density at radius 1 is 1.10 bits per heavy atom. The molecule has 0 aromatic heterocycles. The molecule has 0 saturated heterocycles. The van der Waals surface area contributed by atoms with Gasteiger partial charge >= 0.3 is 12.6 Å². The molecule has 41 heavy (non-hydrogen) atoms. The summed E-state index contributed by atoms with van der Waals surface area (Å²) in [6.45, 7) is 0.113. The van der Waals surface area contributed by atoms with Gasteiger partial charge in [0.25, 0.3) is 10.0 Å². The van der Waals surface area contributed by atoms with E-state index in [1.165, 1.54) is 48.9 Å². The van der Waals surface area contributed by atoms with Crippen LogP contribution >= 0.6 is 0 Å². The van der Waals surface area contributed by atoms with Crippen LogP contribution in [0.15, 0.2) is 65.6 Å². The smallest absolute Gasteiger partial charge is 0.387 e. The normalized spacial score (nSPS) is 16.5. The van der Waals surface area contributed by atoms with Crippen molar-refractivity contribution in [3.8, 4) is 22.6 Å². The van der Waals surface area contributed by atoms with E-state index in [2.05, 4.69) is 4.74 Å². The molecule has 2 atom stereocenters. The first-order valence-electron chi connectivity index (χ1n) is 12.6. The lowest BCUT2D eigenvalue weighted by Gasteiger charge is -2.38. The van der Waals surface area contributed by atoms with Gasteiger partial charge in [-0.3, -0.25) is 9.10 Å². The number of halogens is 3. The van der Waals surface area contributed by atoms with Gasteiger partial charge in [-0.05, 0) is 66.9 Å². The Morgan fingerprint density at radius 2 is 1.85 bits per heavy atom. The van der Waals surface area contributed by atoms with Gasteiger partial charge in [0.15, 0.2) is 0 Å². The Kier molecular flexibility index (Phi) is 8.83. The van der Waals surface area contributed by atoms with Crippen molar-refractivity contribution in [1.29, 1.82) is 0 Å². The second-order valence-electron chi connectivity index (χ2n) is 10.0. The van der Waals surface area contributed by atoms with Crippen LogP contribution in [-0.4, -0.2) is 54.5 Å². The van der Waals surface area contributed by atoms with Crippen LogP contribution in [0.25, 0.3) is 11.1 Å². The molecule has 3 aromatic rings. The minimum Gasteiger partial charge on any atom is -0.486 e. The van der Waals surface area contributed by atoms with Gasteiger partial charge in [0.1, 0.15) is 23.4 Å². The van der Waals surface area contributed by atoms with Gasteiger partial charge in [0.05, 0.1) is 36.3 Å². The minimum absolute atomic E-state index is 0.0125. The Morgan fingerprint density at radius 3 is 2.51 bits per heavy atom. The van der Waals surface area contributed by atoms with Crippen LogP contribution in [0.5, 0.6) is 11.5 Å². The molecule has 4 rings (SSSR count). The summed E-state index contributed by atoms with van der Waals surface area (Å²) in [6, 6.07) is 14.1. The molecule has 1 heterocycles. The second kappa shape index (κ2) is 12.0. The lowest BCUT2D eigenvalue weighted by atomic mass is 9.84. The third-order valence-electron chi connectivity index (χ3n) is 6.72. The summed E-state index contributed by atoms with van der Waals surface area (Å²) in [5.41, 5.74) is 0.291. The highest BCUT2D eigenvalue weighted by Crippen LogP contribution is 2.42. The predicted octanol–water partition coefficient (Wildman–Crippen LogP) is 5.57. The van der Waals surface area contributed by atoms with E-state index < -0.39 is 39.9 Å². The van der Waals surface area contributed by atoms with Gasteiger partial charge in [0.2, 0.25) is 0 Å². The molecule has 1 aliphatic heterocycles. The average molecular weight is 594 g/mol. The molecule has 0 N–H and O–H groups in total. The van der Waals surface area contributed by atoms with Crippen LogP contribution in [0.3, 0.4) is 0 Å². The molecule has 12 heteroatoms. The Hall–Kier alpha value is -3.77. The van der Waals surface area contributed by atoms with Crippen LogP contribution < -0.4 is 13.8 Å². The van der Waals surface area contributed by atoms with E-state index in [0.717, 1.165) is 17.7 Å². The number of alkyl halides is 2. The van der Waals surface area contributed by atoms with E-state index in [-0.39, 0.29) is 47.2 Å². The maximum Gasteiger partial charge on any atom is 0.387 e. The predicted molar refractivity (Wildman–Crippen MR) is 145 cm³/mol. The van der Waals surface area contributed by atoms with Gasteiger partial charge in [0, 0.05) is 19.6 Å². The maximum absolute atomic E-state index is 14.3. The molecule has 3 aromatic carbocycles. The highest BCUT2D eigenvalue weighted by Gasteiger charge is 2.42. The molecule has 1 aliphatic rings. The van der Waals surface area contributed by atoms with Crippen LogP contribution in [0.4, 0.5) is 18.9 Å². The second-order valence-corrected chi connectivity index (χ2v) is 11.9. The topological polar surface area (TPSA) is 91.4 Å². The number of rotatable bonds is 10. The highest BCUT2D eigenvalue weighted by atomic mass is 32.2. The molecule has 0 fully saturated rings. The summed E-state index contributed by atoms with van der Waals surface area (Å²) < 4.78 is 89.8. The molecule has 220 valence electrons. The van der Waals surface area contributed by atoms with Crippen molar-refractivity contribution in [2.75, 3.05) is 31.7 Å². The molecule has 0 aliphatic carbocycles. The SMILES string of the molecule is COCC(C)(C[C@H]1CN(S(=O)(=O)c2cccc(C)c2)c2cc(-c3cc(F)cc(OC(F)F)c3)ccc2O1)C(=O)OC. The number of ether oxygens (including phenoxy) is 4. The summed E-state index contributed by atoms with van der Waals surface area (Å²) >= 11 is 0. The van der Waals surface area contributed by atoms with Gasteiger partial charge < -0.3 is 18.9 Å². The number of methoxy groups -OCH3 is 2. The number of hydrogen-bond acceptors (Lipinski definition) is 7. The number of aryl methyl sites for hydroxylation is 1. The monoisotopic (exact) mass is 593 g/mol. The number of esters is 1. The van der Waals surface area contributed by atoms with Crippen molar-refractivity contribution in [2.24, 2.45) is 5.41 Å². The standard InChI is InChI=1S/C29H30F3NO7S/c1-18-6-5-7-24(10-18)41(35,36)33-16-23(15-29(2,17-37-3)27(34)38-4)39-26-9-8-19(13-25(26)33)20-11-21(30)14-22(12-20)40-28(31)32/h5-14,23,28H,15-17H2,1-4H3/t23-,29?/m0/s1. The van der Waals surface area contributed by atoms with E-state index in [1.807, 2.05) is 0 Å². The molecule has 0 saturated carbocycles. The van der Waals surface area contributed by atoms with Gasteiger partial charge in [-0.15, -0.1) is 0 Å². The zero-order chi connectivity index (χ0) is 29.9. The number of anilines is 1. The van der Waals surface area contributed by atoms with Gasteiger partial charge in [-0.25, -0.2) is 12.8 Å². The first-order chi connectivity index (χ1) is 19.4. The Bertz CT molecular complexity index is 1530. The zero-order valence-corrected chi connectivity index (χ0v) is 23.7. The minimum atomic E-state index is -4.15. The fourth-order valence-corrected chi connectivity index (χ4v) is 6.50. The summed E-state index contributed by atoms with van der Waals surface area (Å²) in [5.74, 6) is -1.53. The van der Waals surface area contributed by atoms with E-state index in [4.69, 9.17) is 14.2 Å². The highest BCUT2D eigenvalue weighted by molar-refractivity contribution is 7.92. The van der Waals surface area contributed by atoms with Crippen LogP contribution in [-0.2, 0) is 24.3 Å². The van der Waals surface area contributed by atoms with Crippen LogP contribution in [0, 0.1) is 18.2 Å². The van der Waals surface area contributed by atoms with Crippen molar-refractivity contribution in [3.63, 3.8) is 0 Å². The van der Waals surface area contributed by atoms with E-state index in [9.17, 15) is 26.4 Å². The van der Waals surface area contributed by atoms with Crippen molar-refractivity contribution in [1.82, 2.24) is 0 Å². The Balaban J connectivity index is 1.81. The molecule has 1 unspecified atom stereocenters. The fourth-order valence-electron chi connectivity index (χ4n) is 4.90. The lowest BCUT2D eigenvalue weighted by molar-refractivity contribution is -0.156. The summed E-state index contributed by atoms with van der Waals surface area (Å²) in [7, 11) is -1.45. The fraction of sp³-hybridized carbons (Fsp3) is 0.345. The number of fused-ring (bicyclic) bond motifs is 1. The lowest BCUT2D eigenvalue weighted by Crippen LogP contribution is -2.47. The van der Waals surface area contributed by atoms with Gasteiger partial charge in [-0.1, -0.05) is 18.2 Å². The third-order valence-corrected chi connectivity index (χ3v) is 8.49. The van der Waals surface area contributed by atoms with E-state index in [1.54, 1.807) is 32.0 Å². The van der Waals surface area contributed by atoms with Gasteiger partial charge in [-0.2, -0.15) is 8.78 Å². The van der Waals surface area contributed by atoms with Crippen LogP contribution in [0.1, 0.15) is 18.9 Å². The molecule has 8 nitrogen and oxygen atoms in total. The van der Waals surface area contributed by atoms with Crippen molar-refractivity contribution in [3.05, 3.63) is 72.0 Å². The van der Waals surface area contributed by atoms with Crippen molar-refractivity contribution < 1.29 is 45.3 Å². The average Bonchev–Trinajstić information content (AvgIpc) is 2.91. The number of carbonyl (C=O) groups is 1. The first-order valence-corrected chi connectivity index (χ1v) is 14.0. The number of sulfonamides is 1. The molecule has 0 amide bonds. The number of carbonyl (C=O) groups excluding carboxylic acids is 1. The van der Waals surface area contributed by atoms with E-state index >= 15 is 0 Å². The molecule has 0 bridgehead atoms. The zero-order valence-electron chi connectivity index (χ0n) is 22.9. The maximum atomic E-state index is 14.3. The summed E-state index contributed by atoms with van der Waals surface area (Å²) in [5, 5.41) is 0. The van der Waals surface area contributed by atoms with Crippen LogP contribution in [0.2, 0.25) is 0 Å². The first kappa shape index (κ1) is 30.2. The molecule has 0 spiro atoms. The summed E-state index contributed by atoms with van der Waals surface area (Å²) in [4.78, 5) is 12.7. The third kappa shape index (κ3) is 6.59. The largest absolute Gasteiger partial charge is 0.486 e. The number of nitrogens with zero attached hydrogens (tertiary/aromatic N) is 1. The number of hydrogen-bond donors (Lipinski definition) is 0.